The standard InChI is InChI=1S/C24H24ClFN2O2/c1-15(23(29)28-19-5-2-17(25)3-6-19)24(30)11-8-16(9-12-24)20-10-13-27-22-7-4-18(26)14-21(20)22/h2-7,10,13-16,30H,8-9,11-12H2,1H3,(H,28,29)/t15-,16-,24-/m0/s1. The maximum atomic E-state index is 13.8. The molecule has 1 atom stereocenters. The lowest BCUT2D eigenvalue weighted by molar-refractivity contribution is -0.131. The molecule has 0 saturated heterocycles. The highest BCUT2D eigenvalue weighted by molar-refractivity contribution is 6.30. The monoisotopic (exact) mass is 426 g/mol. The molecule has 0 bridgehead atoms. The summed E-state index contributed by atoms with van der Waals surface area (Å²) in [5, 5.41) is 15.5. The van der Waals surface area contributed by atoms with Crippen molar-refractivity contribution in [2.45, 2.75) is 44.1 Å². The molecule has 30 heavy (non-hydrogen) atoms. The Kier molecular flexibility index (Phi) is 5.76. The summed E-state index contributed by atoms with van der Waals surface area (Å²) in [6.07, 6.45) is 4.21. The third kappa shape index (κ3) is 4.18. The fourth-order valence-corrected chi connectivity index (χ4v) is 4.51. The van der Waals surface area contributed by atoms with Gasteiger partial charge in [-0.1, -0.05) is 18.5 Å². The van der Waals surface area contributed by atoms with Gasteiger partial charge in [0.25, 0.3) is 0 Å². The first-order valence-corrected chi connectivity index (χ1v) is 10.6. The van der Waals surface area contributed by atoms with E-state index in [0.29, 0.717) is 23.6 Å². The van der Waals surface area contributed by atoms with Gasteiger partial charge in [-0.2, -0.15) is 0 Å². The van der Waals surface area contributed by atoms with E-state index < -0.39 is 11.5 Å². The topological polar surface area (TPSA) is 62.2 Å². The van der Waals surface area contributed by atoms with Crippen molar-refractivity contribution in [2.75, 3.05) is 5.32 Å². The summed E-state index contributed by atoms with van der Waals surface area (Å²) < 4.78 is 13.8. The highest BCUT2D eigenvalue weighted by Crippen LogP contribution is 2.43. The van der Waals surface area contributed by atoms with Crippen LogP contribution in [0.3, 0.4) is 0 Å². The molecule has 0 spiro atoms. The van der Waals surface area contributed by atoms with Crippen LogP contribution in [0.2, 0.25) is 5.02 Å². The van der Waals surface area contributed by atoms with Crippen molar-refractivity contribution in [3.8, 4) is 0 Å². The van der Waals surface area contributed by atoms with Crippen LogP contribution in [0.5, 0.6) is 0 Å². The summed E-state index contributed by atoms with van der Waals surface area (Å²) in [6, 6.07) is 13.5. The van der Waals surface area contributed by atoms with Gasteiger partial charge in [-0.25, -0.2) is 4.39 Å². The molecule has 0 aliphatic heterocycles. The molecule has 1 heterocycles. The summed E-state index contributed by atoms with van der Waals surface area (Å²) in [5.74, 6) is -0.851. The summed E-state index contributed by atoms with van der Waals surface area (Å²) in [6.45, 7) is 1.77. The number of aliphatic hydroxyl groups is 1. The molecule has 4 rings (SSSR count). The van der Waals surface area contributed by atoms with E-state index in [1.54, 1.807) is 43.5 Å². The lowest BCUT2D eigenvalue weighted by atomic mass is 9.70. The van der Waals surface area contributed by atoms with Crippen LogP contribution in [0, 0.1) is 11.7 Å². The molecule has 1 aliphatic carbocycles. The van der Waals surface area contributed by atoms with Gasteiger partial charge in [0.2, 0.25) is 5.91 Å². The third-order valence-electron chi connectivity index (χ3n) is 6.34. The third-order valence-corrected chi connectivity index (χ3v) is 6.59. The van der Waals surface area contributed by atoms with Crippen molar-refractivity contribution in [1.82, 2.24) is 4.98 Å². The largest absolute Gasteiger partial charge is 0.389 e. The molecular weight excluding hydrogens is 403 g/mol. The van der Waals surface area contributed by atoms with E-state index >= 15 is 0 Å². The van der Waals surface area contributed by atoms with Gasteiger partial charge in [0.15, 0.2) is 0 Å². The van der Waals surface area contributed by atoms with Crippen molar-refractivity contribution < 1.29 is 14.3 Å². The van der Waals surface area contributed by atoms with Gasteiger partial charge in [0.05, 0.1) is 17.0 Å². The number of hydrogen-bond acceptors (Lipinski definition) is 3. The highest BCUT2D eigenvalue weighted by atomic mass is 35.5. The first kappa shape index (κ1) is 20.8. The molecular formula is C24H24ClFN2O2. The maximum absolute atomic E-state index is 13.8. The van der Waals surface area contributed by atoms with Crippen LogP contribution in [0.15, 0.2) is 54.7 Å². The number of carbonyl (C=O) groups excluding carboxylic acids is 1. The van der Waals surface area contributed by atoms with Gasteiger partial charge in [0, 0.05) is 22.3 Å². The zero-order chi connectivity index (χ0) is 21.3. The van der Waals surface area contributed by atoms with Crippen LogP contribution >= 0.6 is 11.6 Å². The Morgan fingerprint density at radius 2 is 1.90 bits per heavy atom. The lowest BCUT2D eigenvalue weighted by Crippen LogP contribution is -2.45. The van der Waals surface area contributed by atoms with Crippen LogP contribution in [0.1, 0.15) is 44.1 Å². The second kappa shape index (κ2) is 8.32. The van der Waals surface area contributed by atoms with Crippen LogP contribution in [-0.2, 0) is 4.79 Å². The van der Waals surface area contributed by atoms with Crippen LogP contribution < -0.4 is 5.32 Å². The molecule has 1 aliphatic rings. The quantitative estimate of drug-likeness (QED) is 0.563. The van der Waals surface area contributed by atoms with E-state index in [2.05, 4.69) is 10.3 Å². The minimum atomic E-state index is -1.07. The number of aromatic nitrogens is 1. The number of rotatable bonds is 4. The molecule has 2 aromatic carbocycles. The number of carbonyl (C=O) groups is 1. The Morgan fingerprint density at radius 3 is 2.60 bits per heavy atom. The Hall–Kier alpha value is -2.50. The van der Waals surface area contributed by atoms with Crippen LogP contribution in [0.4, 0.5) is 10.1 Å². The molecule has 156 valence electrons. The van der Waals surface area contributed by atoms with E-state index in [-0.39, 0.29) is 17.6 Å². The van der Waals surface area contributed by atoms with Gasteiger partial charge in [-0.15, -0.1) is 0 Å². The summed E-state index contributed by atoms with van der Waals surface area (Å²) in [5.41, 5.74) is 1.41. The molecule has 1 saturated carbocycles. The summed E-state index contributed by atoms with van der Waals surface area (Å²) in [7, 11) is 0. The number of halogens is 2. The van der Waals surface area contributed by atoms with Gasteiger partial charge in [-0.3, -0.25) is 9.78 Å². The van der Waals surface area contributed by atoms with E-state index in [1.807, 2.05) is 6.07 Å². The predicted molar refractivity (Wildman–Crippen MR) is 117 cm³/mol. The molecule has 3 aromatic rings. The van der Waals surface area contributed by atoms with E-state index in [1.165, 1.54) is 12.1 Å². The number of nitrogens with zero attached hydrogens (tertiary/aromatic N) is 1. The number of hydrogen-bond donors (Lipinski definition) is 2. The minimum absolute atomic E-state index is 0.198. The number of amides is 1. The van der Waals surface area contributed by atoms with Gasteiger partial charge in [0.1, 0.15) is 5.82 Å². The van der Waals surface area contributed by atoms with E-state index in [4.69, 9.17) is 11.6 Å². The van der Waals surface area contributed by atoms with E-state index in [0.717, 1.165) is 29.3 Å². The molecule has 0 unspecified atom stereocenters. The number of benzene rings is 2. The molecule has 6 heteroatoms. The fraction of sp³-hybridized carbons (Fsp3) is 0.333. The van der Waals surface area contributed by atoms with E-state index in [9.17, 15) is 14.3 Å². The second-order valence-electron chi connectivity index (χ2n) is 8.16. The van der Waals surface area contributed by atoms with Crippen LogP contribution in [0.25, 0.3) is 10.9 Å². The Balaban J connectivity index is 1.46. The summed E-state index contributed by atoms with van der Waals surface area (Å²) >= 11 is 5.89. The normalized spacial score (nSPS) is 22.6. The second-order valence-corrected chi connectivity index (χ2v) is 8.59. The van der Waals surface area contributed by atoms with Crippen molar-refractivity contribution in [1.29, 1.82) is 0 Å². The van der Waals surface area contributed by atoms with Crippen molar-refractivity contribution in [3.63, 3.8) is 0 Å². The Labute approximate surface area is 180 Å². The lowest BCUT2D eigenvalue weighted by Gasteiger charge is -2.40. The van der Waals surface area contributed by atoms with Gasteiger partial charge >= 0.3 is 0 Å². The van der Waals surface area contributed by atoms with Crippen molar-refractivity contribution in [3.05, 3.63) is 71.1 Å². The Morgan fingerprint density at radius 1 is 1.20 bits per heavy atom. The van der Waals surface area contributed by atoms with Gasteiger partial charge in [-0.05, 0) is 85.7 Å². The smallest absolute Gasteiger partial charge is 0.230 e. The van der Waals surface area contributed by atoms with Crippen molar-refractivity contribution >= 4 is 34.1 Å². The minimum Gasteiger partial charge on any atom is -0.389 e. The first-order chi connectivity index (χ1) is 14.4. The number of fused-ring (bicyclic) bond motifs is 1. The first-order valence-electron chi connectivity index (χ1n) is 10.2. The molecule has 4 nitrogen and oxygen atoms in total. The average Bonchev–Trinajstić information content (AvgIpc) is 2.75. The molecule has 1 amide bonds. The SMILES string of the molecule is C[C@@H](C(=O)Nc1ccc(Cl)cc1)[C@]1(O)CC[C@H](c2ccnc3ccc(F)cc32)CC1. The Bertz CT molecular complexity index is 1060. The zero-order valence-electron chi connectivity index (χ0n) is 16.7. The molecule has 0 radical (unpaired) electrons. The number of pyridine rings is 1. The molecule has 2 N–H and O–H groups in total. The average molecular weight is 427 g/mol. The fourth-order valence-electron chi connectivity index (χ4n) is 4.39. The van der Waals surface area contributed by atoms with Crippen LogP contribution in [-0.4, -0.2) is 21.6 Å². The maximum Gasteiger partial charge on any atom is 0.230 e. The predicted octanol–water partition coefficient (Wildman–Crippen LogP) is 5.69. The number of anilines is 1. The highest BCUT2D eigenvalue weighted by Gasteiger charge is 2.41. The molecule has 1 fully saturated rings. The van der Waals surface area contributed by atoms with Gasteiger partial charge < -0.3 is 10.4 Å². The number of nitrogens with one attached hydrogen (secondary N) is 1. The molecule has 1 aromatic heterocycles. The van der Waals surface area contributed by atoms with Crippen molar-refractivity contribution in [2.24, 2.45) is 5.92 Å². The zero-order valence-corrected chi connectivity index (χ0v) is 17.5. The summed E-state index contributed by atoms with van der Waals surface area (Å²) in [4.78, 5) is 17.0.